The summed E-state index contributed by atoms with van der Waals surface area (Å²) in [4.78, 5) is 12.5. The van der Waals surface area contributed by atoms with Crippen molar-refractivity contribution < 1.29 is 13.9 Å². The largest absolute Gasteiger partial charge is 0.484 e. The Morgan fingerprint density at radius 1 is 1.13 bits per heavy atom. The van der Waals surface area contributed by atoms with Crippen molar-refractivity contribution in [2.45, 2.75) is 32.6 Å². The Bertz CT molecular complexity index is 1210. The highest BCUT2D eigenvalue weighted by atomic mass is 16.5. The van der Waals surface area contributed by atoms with Crippen molar-refractivity contribution in [1.29, 1.82) is 0 Å². The first kappa shape index (κ1) is 18.5. The van der Waals surface area contributed by atoms with E-state index in [1.165, 1.54) is 18.4 Å². The van der Waals surface area contributed by atoms with Crippen LogP contribution in [0.2, 0.25) is 0 Å². The number of nitrogens with one attached hydrogen (secondary N) is 1. The maximum Gasteiger partial charge on any atom is 0.263 e. The lowest BCUT2D eigenvalue weighted by atomic mass is 9.96. The minimum atomic E-state index is -0.235. The predicted molar refractivity (Wildman–Crippen MR) is 115 cm³/mol. The van der Waals surface area contributed by atoms with Crippen LogP contribution in [0.1, 0.15) is 29.9 Å². The molecule has 1 aliphatic rings. The lowest BCUT2D eigenvalue weighted by Crippen LogP contribution is -2.21. The number of ether oxygens (including phenoxy) is 1. The predicted octanol–water partition coefficient (Wildman–Crippen LogP) is 4.82. The number of fused-ring (bicyclic) bond motifs is 3. The van der Waals surface area contributed by atoms with Crippen LogP contribution in [-0.4, -0.2) is 22.3 Å². The number of amides is 1. The highest BCUT2D eigenvalue weighted by Gasteiger charge is 2.18. The molecule has 5 rings (SSSR count). The fourth-order valence-electron chi connectivity index (χ4n) is 4.01. The van der Waals surface area contributed by atoms with Gasteiger partial charge in [0, 0.05) is 23.4 Å². The molecule has 0 saturated heterocycles. The van der Waals surface area contributed by atoms with Crippen molar-refractivity contribution >= 4 is 22.7 Å². The number of aryl methyl sites for hydroxylation is 3. The van der Waals surface area contributed by atoms with E-state index in [1.54, 1.807) is 4.68 Å². The smallest absolute Gasteiger partial charge is 0.263 e. The summed E-state index contributed by atoms with van der Waals surface area (Å²) in [6, 6.07) is 17.3. The third-order valence-electron chi connectivity index (χ3n) is 5.40. The summed E-state index contributed by atoms with van der Waals surface area (Å²) in [5.41, 5.74) is 3.89. The van der Waals surface area contributed by atoms with Gasteiger partial charge in [-0.25, -0.2) is 4.68 Å². The molecule has 2 heterocycles. The summed E-state index contributed by atoms with van der Waals surface area (Å²) in [6.07, 6.45) is 4.39. The monoisotopic (exact) mass is 401 g/mol. The first-order valence-corrected chi connectivity index (χ1v) is 10.3. The SMILES string of the molecule is Cc1cc(NC(=O)COc2ccc3oc4c(c3c2)CCCC4)n(-c2ccccc2)n1. The van der Waals surface area contributed by atoms with E-state index in [2.05, 4.69) is 10.4 Å². The second kappa shape index (κ2) is 7.71. The molecule has 0 atom stereocenters. The van der Waals surface area contributed by atoms with Gasteiger partial charge < -0.3 is 14.5 Å². The molecule has 0 bridgehead atoms. The van der Waals surface area contributed by atoms with Crippen molar-refractivity contribution in [3.05, 3.63) is 71.6 Å². The number of hydrogen-bond acceptors (Lipinski definition) is 4. The van der Waals surface area contributed by atoms with Gasteiger partial charge >= 0.3 is 0 Å². The number of carbonyl (C=O) groups excluding carboxylic acids is 1. The van der Waals surface area contributed by atoms with E-state index in [-0.39, 0.29) is 12.5 Å². The average Bonchev–Trinajstić information content (AvgIpc) is 3.32. The molecular weight excluding hydrogens is 378 g/mol. The zero-order valence-electron chi connectivity index (χ0n) is 16.9. The molecule has 0 unspecified atom stereocenters. The molecule has 0 aliphatic heterocycles. The number of hydrogen-bond donors (Lipinski definition) is 1. The zero-order chi connectivity index (χ0) is 20.5. The van der Waals surface area contributed by atoms with Crippen molar-refractivity contribution in [3.8, 4) is 11.4 Å². The van der Waals surface area contributed by atoms with E-state index in [9.17, 15) is 4.79 Å². The van der Waals surface area contributed by atoms with Crippen LogP contribution in [0.15, 0.2) is 59.0 Å². The molecule has 0 fully saturated rings. The average molecular weight is 401 g/mol. The van der Waals surface area contributed by atoms with E-state index in [1.807, 2.05) is 61.5 Å². The zero-order valence-corrected chi connectivity index (χ0v) is 16.9. The lowest BCUT2D eigenvalue weighted by Gasteiger charge is -2.10. The fraction of sp³-hybridized carbons (Fsp3) is 0.250. The first-order valence-electron chi connectivity index (χ1n) is 10.3. The summed E-state index contributed by atoms with van der Waals surface area (Å²) >= 11 is 0. The summed E-state index contributed by atoms with van der Waals surface area (Å²) in [5, 5.41) is 8.47. The molecule has 6 heteroatoms. The van der Waals surface area contributed by atoms with Gasteiger partial charge in [0.1, 0.15) is 22.9 Å². The van der Waals surface area contributed by atoms with Crippen LogP contribution < -0.4 is 10.1 Å². The van der Waals surface area contributed by atoms with Crippen LogP contribution in [0.4, 0.5) is 5.82 Å². The molecule has 2 aromatic carbocycles. The first-order chi connectivity index (χ1) is 14.7. The molecule has 4 aromatic rings. The Kier molecular flexibility index (Phi) is 4.75. The number of nitrogens with zero attached hydrogens (tertiary/aromatic N) is 2. The van der Waals surface area contributed by atoms with Crippen LogP contribution in [0.5, 0.6) is 5.75 Å². The van der Waals surface area contributed by atoms with Crippen molar-refractivity contribution in [1.82, 2.24) is 9.78 Å². The molecular formula is C24H23N3O3. The Morgan fingerprint density at radius 3 is 2.83 bits per heavy atom. The highest BCUT2D eigenvalue weighted by molar-refractivity contribution is 5.91. The van der Waals surface area contributed by atoms with Crippen LogP contribution >= 0.6 is 0 Å². The number of aromatic nitrogens is 2. The lowest BCUT2D eigenvalue weighted by molar-refractivity contribution is -0.118. The van der Waals surface area contributed by atoms with Crippen molar-refractivity contribution in [2.24, 2.45) is 0 Å². The quantitative estimate of drug-likeness (QED) is 0.520. The molecule has 0 saturated carbocycles. The number of para-hydroxylation sites is 1. The minimum absolute atomic E-state index is 0.0788. The van der Waals surface area contributed by atoms with Crippen LogP contribution in [0, 0.1) is 6.92 Å². The van der Waals surface area contributed by atoms with Gasteiger partial charge in [0.2, 0.25) is 0 Å². The Hall–Kier alpha value is -3.54. The van der Waals surface area contributed by atoms with Crippen LogP contribution in [-0.2, 0) is 17.6 Å². The van der Waals surface area contributed by atoms with Gasteiger partial charge in [-0.3, -0.25) is 4.79 Å². The molecule has 0 spiro atoms. The Balaban J connectivity index is 1.29. The summed E-state index contributed by atoms with van der Waals surface area (Å²) < 4.78 is 13.5. The van der Waals surface area contributed by atoms with E-state index < -0.39 is 0 Å². The Labute approximate surface area is 174 Å². The van der Waals surface area contributed by atoms with Gasteiger partial charge in [0.15, 0.2) is 6.61 Å². The molecule has 1 amide bonds. The number of rotatable bonds is 5. The highest BCUT2D eigenvalue weighted by Crippen LogP contribution is 2.34. The van der Waals surface area contributed by atoms with Crippen molar-refractivity contribution in [2.75, 3.05) is 11.9 Å². The molecule has 2 aromatic heterocycles. The molecule has 1 aliphatic carbocycles. The molecule has 6 nitrogen and oxygen atoms in total. The maximum absolute atomic E-state index is 12.5. The number of carbonyl (C=O) groups is 1. The van der Waals surface area contributed by atoms with Gasteiger partial charge in [-0.2, -0.15) is 5.10 Å². The normalized spacial score (nSPS) is 13.2. The summed E-state index contributed by atoms with van der Waals surface area (Å²) in [6.45, 7) is 1.82. The maximum atomic E-state index is 12.5. The Morgan fingerprint density at radius 2 is 1.97 bits per heavy atom. The molecule has 1 N–H and O–H groups in total. The number of benzene rings is 2. The van der Waals surface area contributed by atoms with E-state index >= 15 is 0 Å². The van der Waals surface area contributed by atoms with E-state index in [4.69, 9.17) is 9.15 Å². The van der Waals surface area contributed by atoms with Crippen LogP contribution in [0.25, 0.3) is 16.7 Å². The fourth-order valence-corrected chi connectivity index (χ4v) is 4.01. The van der Waals surface area contributed by atoms with Gasteiger partial charge in [0.25, 0.3) is 5.91 Å². The number of anilines is 1. The number of furan rings is 1. The molecule has 152 valence electrons. The summed E-state index contributed by atoms with van der Waals surface area (Å²) in [5.74, 6) is 2.14. The molecule has 30 heavy (non-hydrogen) atoms. The topological polar surface area (TPSA) is 69.3 Å². The van der Waals surface area contributed by atoms with Crippen LogP contribution in [0.3, 0.4) is 0 Å². The van der Waals surface area contributed by atoms with Gasteiger partial charge in [0.05, 0.1) is 11.4 Å². The second-order valence-corrected chi connectivity index (χ2v) is 7.62. The van der Waals surface area contributed by atoms with Gasteiger partial charge in [-0.15, -0.1) is 0 Å². The second-order valence-electron chi connectivity index (χ2n) is 7.62. The van der Waals surface area contributed by atoms with Gasteiger partial charge in [-0.1, -0.05) is 18.2 Å². The third-order valence-corrected chi connectivity index (χ3v) is 5.40. The van der Waals surface area contributed by atoms with Gasteiger partial charge in [-0.05, 0) is 56.5 Å². The van der Waals surface area contributed by atoms with Crippen molar-refractivity contribution in [3.63, 3.8) is 0 Å². The summed E-state index contributed by atoms with van der Waals surface area (Å²) in [7, 11) is 0. The van der Waals surface area contributed by atoms with E-state index in [0.29, 0.717) is 11.6 Å². The molecule has 0 radical (unpaired) electrons. The standard InChI is InChI=1S/C24H23N3O3/c1-16-13-23(27(26-16)17-7-3-2-4-8-17)25-24(28)15-29-18-11-12-22-20(14-18)19-9-5-6-10-21(19)30-22/h2-4,7-8,11-14H,5-6,9-10,15H2,1H3,(H,25,28). The third kappa shape index (κ3) is 3.56. The van der Waals surface area contributed by atoms with E-state index in [0.717, 1.165) is 41.0 Å². The minimum Gasteiger partial charge on any atom is -0.484 e.